The number of nitrogens with two attached hydrogens (primary N) is 2. The second kappa shape index (κ2) is 32.2. The second-order valence-electron chi connectivity index (χ2n) is 19.4. The van der Waals surface area contributed by atoms with E-state index in [1.165, 1.54) is 41.7 Å². The third-order valence-electron chi connectivity index (χ3n) is 12.7. The Bertz CT molecular complexity index is 2550. The SMILES string of the molecule is CC(=O)O.CCC(C)C(NC(=O)C(Cc1ccc(O)cc1)NC(=O)C(NC(=O)C(CCCNC(=N)N)NC(=O)C(N)CC(=O)O)C(C)C)C(=O)NC(Cc1c[nH]cn1)C(=O)N1CCC[C@H]1C(=O)NC(Cc1ccccc1)C(=O)O. The molecule has 2 heterocycles. The Hall–Kier alpha value is -8.62. The van der Waals surface area contributed by atoms with Gasteiger partial charge < -0.3 is 79.0 Å². The van der Waals surface area contributed by atoms with Crippen LogP contribution in [0.5, 0.6) is 5.75 Å². The first-order chi connectivity index (χ1) is 37.3. The number of aromatic hydroxyl groups is 1. The number of H-pyrrole nitrogens is 1. The normalized spacial score (nSPS) is 15.8. The van der Waals surface area contributed by atoms with Crippen molar-refractivity contribution in [3.8, 4) is 5.75 Å². The maximum Gasteiger partial charge on any atom is 0.326 e. The molecule has 17 N–H and O–H groups in total. The molecule has 8 unspecified atom stereocenters. The molecule has 7 amide bonds. The van der Waals surface area contributed by atoms with Crippen LogP contribution < -0.4 is 48.7 Å². The Kier molecular flexibility index (Phi) is 26.4. The lowest BCUT2D eigenvalue weighted by atomic mass is 9.96. The van der Waals surface area contributed by atoms with Crippen LogP contribution in [0.1, 0.15) is 90.0 Å². The van der Waals surface area contributed by atoms with E-state index in [4.69, 9.17) is 31.9 Å². The number of nitrogens with zero attached hydrogens (tertiary/aromatic N) is 2. The van der Waals surface area contributed by atoms with Crippen LogP contribution in [-0.4, -0.2) is 162 Å². The number of imidazole rings is 1. The number of aromatic nitrogens is 2. The van der Waals surface area contributed by atoms with E-state index in [1.807, 2.05) is 0 Å². The zero-order valence-corrected chi connectivity index (χ0v) is 44.8. The minimum absolute atomic E-state index is 0.00338. The first kappa shape index (κ1) is 64.7. The summed E-state index contributed by atoms with van der Waals surface area (Å²) in [5.74, 6) is -10.6. The predicted molar refractivity (Wildman–Crippen MR) is 285 cm³/mol. The highest BCUT2D eigenvalue weighted by Crippen LogP contribution is 2.21. The van der Waals surface area contributed by atoms with Crippen LogP contribution in [0.3, 0.4) is 0 Å². The van der Waals surface area contributed by atoms with E-state index < -0.39 is 126 Å². The molecule has 79 heavy (non-hydrogen) atoms. The summed E-state index contributed by atoms with van der Waals surface area (Å²) in [6.45, 7) is 8.04. The lowest BCUT2D eigenvalue weighted by molar-refractivity contribution is -0.145. The Morgan fingerprint density at radius 1 is 0.747 bits per heavy atom. The van der Waals surface area contributed by atoms with E-state index in [1.54, 1.807) is 58.0 Å². The molecule has 0 radical (unpaired) electrons. The molecule has 0 aliphatic carbocycles. The number of carbonyl (C=O) groups excluding carboxylic acids is 7. The number of amides is 7. The number of carboxylic acid groups (broad SMARTS) is 3. The van der Waals surface area contributed by atoms with Crippen molar-refractivity contribution < 1.29 is 68.4 Å². The van der Waals surface area contributed by atoms with Gasteiger partial charge in [-0.25, -0.2) is 9.78 Å². The van der Waals surface area contributed by atoms with Gasteiger partial charge in [0.05, 0.1) is 24.5 Å². The third kappa shape index (κ3) is 22.1. The number of likely N-dealkylation sites (tertiary alicyclic amines) is 1. The van der Waals surface area contributed by atoms with Gasteiger partial charge in [-0.3, -0.25) is 48.6 Å². The van der Waals surface area contributed by atoms with Crippen molar-refractivity contribution in [2.45, 2.75) is 141 Å². The van der Waals surface area contributed by atoms with Gasteiger partial charge in [-0.15, -0.1) is 0 Å². The van der Waals surface area contributed by atoms with Crippen LogP contribution in [0, 0.1) is 17.2 Å². The van der Waals surface area contributed by atoms with Gasteiger partial charge >= 0.3 is 11.9 Å². The van der Waals surface area contributed by atoms with Gasteiger partial charge in [0.15, 0.2) is 5.96 Å². The molecule has 1 saturated heterocycles. The van der Waals surface area contributed by atoms with Crippen LogP contribution in [0.4, 0.5) is 0 Å². The largest absolute Gasteiger partial charge is 0.508 e. The first-order valence-corrected chi connectivity index (χ1v) is 25.7. The molecule has 0 bridgehead atoms. The molecule has 1 fully saturated rings. The summed E-state index contributed by atoms with van der Waals surface area (Å²) >= 11 is 0. The van der Waals surface area contributed by atoms with Crippen molar-refractivity contribution in [3.05, 3.63) is 83.9 Å². The number of aliphatic carboxylic acids is 3. The summed E-state index contributed by atoms with van der Waals surface area (Å²) < 4.78 is 0. The highest BCUT2D eigenvalue weighted by atomic mass is 16.4. The summed E-state index contributed by atoms with van der Waals surface area (Å²) in [4.78, 5) is 139. The Balaban J connectivity index is 0.00000396. The molecule has 27 heteroatoms. The minimum Gasteiger partial charge on any atom is -0.508 e. The summed E-state index contributed by atoms with van der Waals surface area (Å²) in [5, 5.41) is 62.5. The number of guanidine groups is 1. The van der Waals surface area contributed by atoms with E-state index in [0.717, 1.165) is 6.92 Å². The van der Waals surface area contributed by atoms with Crippen LogP contribution in [-0.2, 0) is 67.2 Å². The van der Waals surface area contributed by atoms with Crippen LogP contribution in [0.25, 0.3) is 0 Å². The molecular weight excluding hydrogens is 1030 g/mol. The number of phenolic OH excluding ortho intramolecular Hbond substituents is 1. The van der Waals surface area contributed by atoms with Crippen molar-refractivity contribution >= 4 is 65.2 Å². The minimum atomic E-state index is -1.51. The van der Waals surface area contributed by atoms with Gasteiger partial charge in [0, 0.05) is 45.5 Å². The van der Waals surface area contributed by atoms with E-state index in [2.05, 4.69) is 47.2 Å². The molecule has 27 nitrogen and oxygen atoms in total. The number of phenols is 1. The molecule has 1 aliphatic heterocycles. The highest BCUT2D eigenvalue weighted by Gasteiger charge is 2.41. The highest BCUT2D eigenvalue weighted by molar-refractivity contribution is 5.98. The average Bonchev–Trinajstić information content (AvgIpc) is 4.11. The van der Waals surface area contributed by atoms with Gasteiger partial charge in [0.2, 0.25) is 41.4 Å². The quantitative estimate of drug-likeness (QED) is 0.0225. The maximum absolute atomic E-state index is 14.6. The van der Waals surface area contributed by atoms with Gasteiger partial charge in [0.1, 0.15) is 48.0 Å². The summed E-state index contributed by atoms with van der Waals surface area (Å²) in [6, 6.07) is 3.91. The van der Waals surface area contributed by atoms with Gasteiger partial charge in [-0.05, 0) is 60.8 Å². The van der Waals surface area contributed by atoms with E-state index >= 15 is 0 Å². The smallest absolute Gasteiger partial charge is 0.326 e. The zero-order valence-electron chi connectivity index (χ0n) is 44.8. The molecule has 2 aromatic carbocycles. The number of benzene rings is 2. The third-order valence-corrected chi connectivity index (χ3v) is 12.7. The number of hydrogen-bond donors (Lipinski definition) is 15. The zero-order chi connectivity index (χ0) is 58.9. The van der Waals surface area contributed by atoms with Gasteiger partial charge in [-0.2, -0.15) is 0 Å². The van der Waals surface area contributed by atoms with Crippen molar-refractivity contribution in [1.29, 1.82) is 5.41 Å². The van der Waals surface area contributed by atoms with E-state index in [9.17, 15) is 53.4 Å². The standard InChI is InChI=1S/C50H71N13O12.C2H4O2/c1-5-28(4)41(47(72)59-36(23-31-25-54-26-56-31)48(73)63-20-10-14-38(63)45(70)60-37(49(74)75)22-29-11-7-6-8-12-29)62-44(69)35(21-30-15-17-32(64)18-16-30)58-46(71)40(27(2)3)61-43(68)34(13-9-19-55-50(52)53)57-42(67)33(51)24-39(65)66;1-2(3)4/h6-8,11-12,15-18,25-28,33-38,40-41,64H,5,9-10,13-14,19-24,51H2,1-4H3,(H,54,56)(H,57,67)(H,58,71)(H,59,72)(H,60,70)(H,61,68)(H,62,69)(H,65,66)(H,74,75)(H4,52,53,55);1H3,(H,3,4)/t28?,33?,34?,35?,36?,37?,38-,40?,41?;/m0./s1. The molecule has 9 atom stereocenters. The Labute approximate surface area is 456 Å². The van der Waals surface area contributed by atoms with Crippen LogP contribution in [0.2, 0.25) is 0 Å². The first-order valence-electron chi connectivity index (χ1n) is 25.7. The van der Waals surface area contributed by atoms with Crippen LogP contribution in [0.15, 0.2) is 67.1 Å². The molecule has 0 saturated carbocycles. The molecule has 1 aliphatic rings. The van der Waals surface area contributed by atoms with Crippen molar-refractivity contribution in [1.82, 2.24) is 52.1 Å². The fourth-order valence-corrected chi connectivity index (χ4v) is 8.34. The second-order valence-corrected chi connectivity index (χ2v) is 19.4. The summed E-state index contributed by atoms with van der Waals surface area (Å²) in [7, 11) is 0. The number of nitrogens with one attached hydrogen (secondary N) is 9. The Morgan fingerprint density at radius 3 is 1.89 bits per heavy atom. The molecule has 3 aromatic rings. The average molecular weight is 1110 g/mol. The number of hydrogen-bond acceptors (Lipinski definition) is 14. The molecule has 4 rings (SSSR count). The lowest BCUT2D eigenvalue weighted by Gasteiger charge is -2.32. The maximum atomic E-state index is 14.6. The number of aromatic amines is 1. The lowest BCUT2D eigenvalue weighted by Crippen LogP contribution is -2.62. The molecule has 1 aromatic heterocycles. The van der Waals surface area contributed by atoms with E-state index in [0.29, 0.717) is 29.7 Å². The number of carbonyl (C=O) groups is 10. The van der Waals surface area contributed by atoms with Crippen molar-refractivity contribution in [3.63, 3.8) is 0 Å². The van der Waals surface area contributed by atoms with Gasteiger partial charge in [-0.1, -0.05) is 76.6 Å². The molecular formula is C52H75N13O14. The van der Waals surface area contributed by atoms with Gasteiger partial charge in [0.25, 0.3) is 5.97 Å². The van der Waals surface area contributed by atoms with Crippen molar-refractivity contribution in [2.24, 2.45) is 23.3 Å². The fraction of sp³-hybridized carbons (Fsp3) is 0.500. The monoisotopic (exact) mass is 1110 g/mol. The van der Waals surface area contributed by atoms with E-state index in [-0.39, 0.29) is 63.3 Å². The topological polar surface area (TPSA) is 444 Å². The fourth-order valence-electron chi connectivity index (χ4n) is 8.34. The Morgan fingerprint density at radius 2 is 1.32 bits per heavy atom. The van der Waals surface area contributed by atoms with Crippen LogP contribution >= 0.6 is 0 Å². The summed E-state index contributed by atoms with van der Waals surface area (Å²) in [5.41, 5.74) is 12.7. The molecule has 0 spiro atoms. The molecule has 432 valence electrons. The number of rotatable bonds is 29. The predicted octanol–water partition coefficient (Wildman–Crippen LogP) is -1.01. The summed E-state index contributed by atoms with van der Waals surface area (Å²) in [6.07, 6.45) is 2.97. The van der Waals surface area contributed by atoms with Crippen molar-refractivity contribution in [2.75, 3.05) is 13.1 Å². The number of carboxylic acids is 3.